The number of aromatic nitrogens is 2. The second-order valence-electron chi connectivity index (χ2n) is 5.87. The first kappa shape index (κ1) is 18.9. The lowest BCUT2D eigenvalue weighted by Crippen LogP contribution is -2.35. The first-order chi connectivity index (χ1) is 12.8. The summed E-state index contributed by atoms with van der Waals surface area (Å²) in [5.74, 6) is -0.766. The summed E-state index contributed by atoms with van der Waals surface area (Å²) < 4.78 is 46.6. The van der Waals surface area contributed by atoms with Crippen LogP contribution in [0, 0.1) is 0 Å². The van der Waals surface area contributed by atoms with E-state index in [9.17, 15) is 22.8 Å². The normalized spacial score (nSPS) is 13.7. The quantitative estimate of drug-likeness (QED) is 0.847. The molecule has 1 amide bonds. The lowest BCUT2D eigenvalue weighted by atomic mass is 10.1. The minimum Gasteiger partial charge on any atom is -0.406 e. The van der Waals surface area contributed by atoms with Gasteiger partial charge in [-0.2, -0.15) is 0 Å². The molecule has 27 heavy (non-hydrogen) atoms. The van der Waals surface area contributed by atoms with E-state index in [2.05, 4.69) is 15.0 Å². The fourth-order valence-electron chi connectivity index (χ4n) is 2.60. The Morgan fingerprint density at radius 1 is 1.30 bits per heavy atom. The van der Waals surface area contributed by atoms with Crippen LogP contribution >= 0.6 is 0 Å². The monoisotopic (exact) mass is 383 g/mol. The molecule has 0 fully saturated rings. The van der Waals surface area contributed by atoms with Crippen LogP contribution in [0.3, 0.4) is 0 Å². The van der Waals surface area contributed by atoms with E-state index in [-0.39, 0.29) is 31.0 Å². The fourth-order valence-corrected chi connectivity index (χ4v) is 2.60. The highest BCUT2D eigenvalue weighted by Gasteiger charge is 2.30. The van der Waals surface area contributed by atoms with Crippen LogP contribution in [0.2, 0.25) is 0 Å². The maximum atomic E-state index is 12.3. The van der Waals surface area contributed by atoms with E-state index >= 15 is 0 Å². The van der Waals surface area contributed by atoms with E-state index in [0.717, 1.165) is 12.1 Å². The number of alkyl halides is 3. The Morgan fingerprint density at radius 2 is 2.04 bits per heavy atom. The molecule has 2 aromatic rings. The molecule has 0 spiro atoms. The van der Waals surface area contributed by atoms with Gasteiger partial charge in [-0.15, -0.1) is 13.2 Å². The standard InChI is InChI=1S/C17H16F3N3O4/c18-17(19,20)27-12-3-1-11(2-4-12)7-21-15(24)8-23-10-22-14-5-6-26-9-13(14)16(23)25/h1-4,10H,5-9H2,(H,21,24). The highest BCUT2D eigenvalue weighted by molar-refractivity contribution is 5.75. The zero-order chi connectivity index (χ0) is 19.4. The summed E-state index contributed by atoms with van der Waals surface area (Å²) >= 11 is 0. The van der Waals surface area contributed by atoms with Crippen LogP contribution in [0.4, 0.5) is 13.2 Å². The summed E-state index contributed by atoms with van der Waals surface area (Å²) in [5.41, 5.74) is 1.41. The number of nitrogens with zero attached hydrogens (tertiary/aromatic N) is 2. The van der Waals surface area contributed by atoms with E-state index in [0.29, 0.717) is 29.8 Å². The number of nitrogens with one attached hydrogen (secondary N) is 1. The third-order valence-electron chi connectivity index (χ3n) is 3.91. The van der Waals surface area contributed by atoms with Crippen LogP contribution in [0.25, 0.3) is 0 Å². The second kappa shape index (κ2) is 7.78. The summed E-state index contributed by atoms with van der Waals surface area (Å²) in [6, 6.07) is 5.14. The van der Waals surface area contributed by atoms with Crippen molar-refractivity contribution >= 4 is 5.91 Å². The van der Waals surface area contributed by atoms with Crippen LogP contribution in [-0.4, -0.2) is 28.4 Å². The average molecular weight is 383 g/mol. The first-order valence-corrected chi connectivity index (χ1v) is 8.08. The van der Waals surface area contributed by atoms with E-state index in [4.69, 9.17) is 4.74 Å². The van der Waals surface area contributed by atoms with Crippen LogP contribution in [0.5, 0.6) is 5.75 Å². The predicted octanol–water partition coefficient (Wildman–Crippen LogP) is 1.53. The maximum Gasteiger partial charge on any atom is 0.573 e. The molecule has 1 aliphatic heterocycles. The topological polar surface area (TPSA) is 82.5 Å². The number of halogens is 3. The van der Waals surface area contributed by atoms with Gasteiger partial charge in [0, 0.05) is 13.0 Å². The van der Waals surface area contributed by atoms with Gasteiger partial charge in [0.05, 0.1) is 30.8 Å². The van der Waals surface area contributed by atoms with Gasteiger partial charge in [0.15, 0.2) is 0 Å². The molecule has 2 heterocycles. The molecule has 144 valence electrons. The van der Waals surface area contributed by atoms with Gasteiger partial charge in [-0.05, 0) is 17.7 Å². The Hall–Kier alpha value is -2.88. The molecule has 0 saturated heterocycles. The summed E-state index contributed by atoms with van der Waals surface area (Å²) in [5, 5.41) is 2.60. The summed E-state index contributed by atoms with van der Waals surface area (Å²) in [6.07, 6.45) is -2.86. The third-order valence-corrected chi connectivity index (χ3v) is 3.91. The summed E-state index contributed by atoms with van der Waals surface area (Å²) in [7, 11) is 0. The lowest BCUT2D eigenvalue weighted by Gasteiger charge is -2.16. The summed E-state index contributed by atoms with van der Waals surface area (Å²) in [6.45, 7) is 0.572. The molecule has 0 radical (unpaired) electrons. The van der Waals surface area contributed by atoms with E-state index in [1.54, 1.807) is 0 Å². The number of carbonyl (C=O) groups excluding carboxylic acids is 1. The highest BCUT2D eigenvalue weighted by atomic mass is 19.4. The van der Waals surface area contributed by atoms with Crippen molar-refractivity contribution in [3.63, 3.8) is 0 Å². The van der Waals surface area contributed by atoms with Crippen molar-refractivity contribution < 1.29 is 27.4 Å². The molecule has 3 rings (SSSR count). The number of ether oxygens (including phenoxy) is 2. The number of amides is 1. The SMILES string of the molecule is O=C(Cn1cnc2c(c1=O)COCC2)NCc1ccc(OC(F)(F)F)cc1. The molecule has 1 aromatic carbocycles. The lowest BCUT2D eigenvalue weighted by molar-refractivity contribution is -0.274. The van der Waals surface area contributed by atoms with E-state index < -0.39 is 12.3 Å². The second-order valence-corrected chi connectivity index (χ2v) is 5.87. The minimum absolute atomic E-state index is 0.0986. The maximum absolute atomic E-state index is 12.3. The number of rotatable bonds is 5. The smallest absolute Gasteiger partial charge is 0.406 e. The van der Waals surface area contributed by atoms with Crippen molar-refractivity contribution in [1.82, 2.24) is 14.9 Å². The number of hydrogen-bond donors (Lipinski definition) is 1. The minimum atomic E-state index is -4.75. The third kappa shape index (κ3) is 5.07. The molecule has 0 saturated carbocycles. The molecule has 1 N–H and O–H groups in total. The van der Waals surface area contributed by atoms with Crippen molar-refractivity contribution in [3.8, 4) is 5.75 Å². The number of fused-ring (bicyclic) bond motifs is 1. The van der Waals surface area contributed by atoms with E-state index in [1.165, 1.54) is 23.0 Å². The van der Waals surface area contributed by atoms with Gasteiger partial charge >= 0.3 is 6.36 Å². The molecule has 0 bridgehead atoms. The van der Waals surface area contributed by atoms with E-state index in [1.807, 2.05) is 0 Å². The Balaban J connectivity index is 1.56. The van der Waals surface area contributed by atoms with Crippen LogP contribution < -0.4 is 15.6 Å². The number of carbonyl (C=O) groups is 1. The van der Waals surface area contributed by atoms with Gasteiger partial charge in [0.25, 0.3) is 5.56 Å². The summed E-state index contributed by atoms with van der Waals surface area (Å²) in [4.78, 5) is 28.6. The Kier molecular flexibility index (Phi) is 5.45. The number of benzene rings is 1. The highest BCUT2D eigenvalue weighted by Crippen LogP contribution is 2.22. The molecule has 1 aliphatic rings. The van der Waals surface area contributed by atoms with Gasteiger partial charge in [-0.1, -0.05) is 12.1 Å². The molecule has 0 atom stereocenters. The Bertz CT molecular complexity index is 878. The van der Waals surface area contributed by atoms with Gasteiger partial charge in [0.1, 0.15) is 12.3 Å². The van der Waals surface area contributed by atoms with Crippen molar-refractivity contribution in [3.05, 3.63) is 57.8 Å². The first-order valence-electron chi connectivity index (χ1n) is 8.08. The van der Waals surface area contributed by atoms with Crippen LogP contribution in [-0.2, 0) is 35.6 Å². The van der Waals surface area contributed by atoms with Gasteiger partial charge < -0.3 is 14.8 Å². The molecule has 0 unspecified atom stereocenters. The molecule has 7 nitrogen and oxygen atoms in total. The van der Waals surface area contributed by atoms with Crippen molar-refractivity contribution in [2.24, 2.45) is 0 Å². The van der Waals surface area contributed by atoms with Crippen molar-refractivity contribution in [2.45, 2.75) is 32.5 Å². The predicted molar refractivity (Wildman–Crippen MR) is 86.8 cm³/mol. The fraction of sp³-hybridized carbons (Fsp3) is 0.353. The van der Waals surface area contributed by atoms with Crippen molar-refractivity contribution in [1.29, 1.82) is 0 Å². The van der Waals surface area contributed by atoms with Crippen LogP contribution in [0.15, 0.2) is 35.4 Å². The molecule has 10 heteroatoms. The Labute approximate surface area is 151 Å². The largest absolute Gasteiger partial charge is 0.573 e. The number of hydrogen-bond acceptors (Lipinski definition) is 5. The molecular weight excluding hydrogens is 367 g/mol. The zero-order valence-electron chi connectivity index (χ0n) is 14.1. The Morgan fingerprint density at radius 3 is 2.74 bits per heavy atom. The van der Waals surface area contributed by atoms with Gasteiger partial charge in [0.2, 0.25) is 5.91 Å². The molecule has 0 aliphatic carbocycles. The molecular formula is C17H16F3N3O4. The molecule has 1 aromatic heterocycles. The van der Waals surface area contributed by atoms with Crippen LogP contribution in [0.1, 0.15) is 16.8 Å². The van der Waals surface area contributed by atoms with Gasteiger partial charge in [-0.25, -0.2) is 4.98 Å². The average Bonchev–Trinajstić information content (AvgIpc) is 2.62. The van der Waals surface area contributed by atoms with Crippen molar-refractivity contribution in [2.75, 3.05) is 6.61 Å². The van der Waals surface area contributed by atoms with Gasteiger partial charge in [-0.3, -0.25) is 14.2 Å². The zero-order valence-corrected chi connectivity index (χ0v) is 14.1.